The minimum Gasteiger partial charge on any atom is -0.340 e. The Morgan fingerprint density at radius 3 is 2.71 bits per heavy atom. The Morgan fingerprint density at radius 2 is 2.04 bits per heavy atom. The molecule has 3 aromatic rings. The van der Waals surface area contributed by atoms with Crippen molar-refractivity contribution in [3.8, 4) is 10.4 Å². The number of rotatable bonds is 4. The number of carbonyl (C=O) groups excluding carboxylic acids is 1. The van der Waals surface area contributed by atoms with Crippen LogP contribution < -0.4 is 5.56 Å². The Kier molecular flexibility index (Phi) is 4.78. The van der Waals surface area contributed by atoms with Crippen molar-refractivity contribution in [2.24, 2.45) is 5.92 Å². The predicted octanol–water partition coefficient (Wildman–Crippen LogP) is 3.16. The highest BCUT2D eigenvalue weighted by Gasteiger charge is 2.31. The SMILES string of the molecule is O=C(C1CCC1)N1CCN(Cc2nc3scc(-c4cccs4)c3c(=O)[nH]2)CC1. The second-order valence-corrected chi connectivity index (χ2v) is 9.35. The molecule has 146 valence electrons. The van der Waals surface area contributed by atoms with E-state index in [4.69, 9.17) is 4.98 Å². The molecule has 0 atom stereocenters. The summed E-state index contributed by atoms with van der Waals surface area (Å²) in [6.07, 6.45) is 3.30. The van der Waals surface area contributed by atoms with Gasteiger partial charge in [-0.15, -0.1) is 22.7 Å². The van der Waals surface area contributed by atoms with Gasteiger partial charge < -0.3 is 9.88 Å². The van der Waals surface area contributed by atoms with Gasteiger partial charge in [-0.3, -0.25) is 14.5 Å². The summed E-state index contributed by atoms with van der Waals surface area (Å²) < 4.78 is 0. The number of aromatic nitrogens is 2. The zero-order valence-corrected chi connectivity index (χ0v) is 17.2. The number of carbonyl (C=O) groups is 1. The van der Waals surface area contributed by atoms with E-state index in [0.29, 0.717) is 23.7 Å². The van der Waals surface area contributed by atoms with Crippen molar-refractivity contribution in [3.05, 3.63) is 39.1 Å². The Balaban J connectivity index is 1.29. The molecule has 1 saturated heterocycles. The molecule has 28 heavy (non-hydrogen) atoms. The number of thiophene rings is 2. The maximum absolute atomic E-state index is 12.7. The zero-order valence-electron chi connectivity index (χ0n) is 15.5. The number of piperazine rings is 1. The van der Waals surface area contributed by atoms with Crippen molar-refractivity contribution in [1.29, 1.82) is 0 Å². The average Bonchev–Trinajstić information content (AvgIpc) is 3.30. The molecule has 3 aromatic heterocycles. The van der Waals surface area contributed by atoms with Crippen molar-refractivity contribution in [2.75, 3.05) is 26.2 Å². The summed E-state index contributed by atoms with van der Waals surface area (Å²) >= 11 is 3.16. The second-order valence-electron chi connectivity index (χ2n) is 7.55. The standard InChI is InChI=1S/C20H22N4O2S2/c25-18-17-14(15-5-2-10-27-15)12-28-19(17)22-16(21-18)11-23-6-8-24(9-7-23)20(26)13-3-1-4-13/h2,5,10,12-13H,1,3-4,6-9,11H2,(H,21,22,25). The van der Waals surface area contributed by atoms with Crippen LogP contribution in [0.5, 0.6) is 0 Å². The molecule has 2 fully saturated rings. The fourth-order valence-electron chi connectivity index (χ4n) is 3.93. The lowest BCUT2D eigenvalue weighted by molar-refractivity contribution is -0.140. The highest BCUT2D eigenvalue weighted by Crippen LogP contribution is 2.33. The number of nitrogens with zero attached hydrogens (tertiary/aromatic N) is 3. The molecule has 1 amide bonds. The smallest absolute Gasteiger partial charge is 0.260 e. The van der Waals surface area contributed by atoms with Crippen LogP contribution in [0.4, 0.5) is 0 Å². The molecule has 4 heterocycles. The summed E-state index contributed by atoms with van der Waals surface area (Å²) in [6, 6.07) is 4.03. The maximum Gasteiger partial charge on any atom is 0.260 e. The van der Waals surface area contributed by atoms with Crippen molar-refractivity contribution >= 4 is 38.8 Å². The Hall–Kier alpha value is -2.03. The van der Waals surface area contributed by atoms with Gasteiger partial charge in [-0.25, -0.2) is 4.98 Å². The Bertz CT molecular complexity index is 1040. The lowest BCUT2D eigenvalue weighted by Crippen LogP contribution is -2.50. The number of amides is 1. The molecular formula is C20H22N4O2S2. The van der Waals surface area contributed by atoms with Crippen molar-refractivity contribution in [1.82, 2.24) is 19.8 Å². The van der Waals surface area contributed by atoms with Crippen LogP contribution in [0.3, 0.4) is 0 Å². The summed E-state index contributed by atoms with van der Waals surface area (Å²) in [5.74, 6) is 1.30. The fourth-order valence-corrected chi connectivity index (χ4v) is 5.71. The minimum absolute atomic E-state index is 0.0663. The quantitative estimate of drug-likeness (QED) is 0.712. The summed E-state index contributed by atoms with van der Waals surface area (Å²) in [4.78, 5) is 39.0. The molecule has 0 unspecified atom stereocenters. The van der Waals surface area contributed by atoms with Gasteiger partial charge in [0, 0.05) is 47.9 Å². The van der Waals surface area contributed by atoms with Gasteiger partial charge in [0.25, 0.3) is 5.56 Å². The number of H-pyrrole nitrogens is 1. The summed E-state index contributed by atoms with van der Waals surface area (Å²) in [7, 11) is 0. The van der Waals surface area contributed by atoms with Crippen LogP contribution in [-0.4, -0.2) is 51.9 Å². The number of fused-ring (bicyclic) bond motifs is 1. The van der Waals surface area contributed by atoms with Crippen molar-refractivity contribution in [2.45, 2.75) is 25.8 Å². The van der Waals surface area contributed by atoms with Crippen LogP contribution in [0.2, 0.25) is 0 Å². The number of aromatic amines is 1. The van der Waals surface area contributed by atoms with E-state index in [1.807, 2.05) is 27.8 Å². The molecule has 2 aliphatic rings. The molecule has 1 saturated carbocycles. The van der Waals surface area contributed by atoms with Gasteiger partial charge in [0.15, 0.2) is 0 Å². The van der Waals surface area contributed by atoms with Crippen LogP contribution in [-0.2, 0) is 11.3 Å². The van der Waals surface area contributed by atoms with E-state index >= 15 is 0 Å². The second kappa shape index (κ2) is 7.42. The van der Waals surface area contributed by atoms with Crippen LogP contribution in [0.15, 0.2) is 27.7 Å². The van der Waals surface area contributed by atoms with Gasteiger partial charge in [-0.1, -0.05) is 12.5 Å². The Morgan fingerprint density at radius 1 is 1.21 bits per heavy atom. The summed E-state index contributed by atoms with van der Waals surface area (Å²) in [6.45, 7) is 3.80. The first-order chi connectivity index (χ1) is 13.7. The largest absolute Gasteiger partial charge is 0.340 e. The van der Waals surface area contributed by atoms with E-state index in [0.717, 1.165) is 54.3 Å². The molecule has 1 N–H and O–H groups in total. The van der Waals surface area contributed by atoms with Crippen LogP contribution >= 0.6 is 22.7 Å². The maximum atomic E-state index is 12.7. The van der Waals surface area contributed by atoms with E-state index in [-0.39, 0.29) is 11.5 Å². The topological polar surface area (TPSA) is 69.3 Å². The third-order valence-electron chi connectivity index (χ3n) is 5.79. The third kappa shape index (κ3) is 3.29. The molecule has 0 radical (unpaired) electrons. The first-order valence-electron chi connectivity index (χ1n) is 9.74. The Labute approximate surface area is 170 Å². The third-order valence-corrected chi connectivity index (χ3v) is 7.57. The minimum atomic E-state index is -0.0663. The highest BCUT2D eigenvalue weighted by atomic mass is 32.1. The molecule has 0 bridgehead atoms. The van der Waals surface area contributed by atoms with Crippen molar-refractivity contribution < 1.29 is 4.79 Å². The molecule has 5 rings (SSSR count). The first-order valence-corrected chi connectivity index (χ1v) is 11.5. The number of nitrogens with one attached hydrogen (secondary N) is 1. The van der Waals surface area contributed by atoms with E-state index in [1.165, 1.54) is 17.8 Å². The number of hydrogen-bond donors (Lipinski definition) is 1. The molecule has 1 aliphatic carbocycles. The van der Waals surface area contributed by atoms with E-state index in [2.05, 4.69) is 9.88 Å². The lowest BCUT2D eigenvalue weighted by atomic mass is 9.84. The molecule has 6 nitrogen and oxygen atoms in total. The normalized spacial score (nSPS) is 18.5. The number of hydrogen-bond acceptors (Lipinski definition) is 6. The summed E-state index contributed by atoms with van der Waals surface area (Å²) in [5.41, 5.74) is 0.905. The monoisotopic (exact) mass is 414 g/mol. The molecule has 1 aliphatic heterocycles. The average molecular weight is 415 g/mol. The van der Waals surface area contributed by atoms with Crippen LogP contribution in [0.1, 0.15) is 25.1 Å². The van der Waals surface area contributed by atoms with E-state index in [9.17, 15) is 9.59 Å². The van der Waals surface area contributed by atoms with E-state index < -0.39 is 0 Å². The molecule has 0 aromatic carbocycles. The lowest BCUT2D eigenvalue weighted by Gasteiger charge is -2.38. The molecule has 0 spiro atoms. The van der Waals surface area contributed by atoms with Gasteiger partial charge in [0.1, 0.15) is 10.7 Å². The molecule has 8 heteroatoms. The summed E-state index contributed by atoms with van der Waals surface area (Å²) in [5, 5.41) is 4.73. The van der Waals surface area contributed by atoms with Gasteiger partial charge in [-0.05, 0) is 24.3 Å². The highest BCUT2D eigenvalue weighted by molar-refractivity contribution is 7.18. The van der Waals surface area contributed by atoms with Gasteiger partial charge in [-0.2, -0.15) is 0 Å². The van der Waals surface area contributed by atoms with Gasteiger partial charge >= 0.3 is 0 Å². The zero-order chi connectivity index (χ0) is 19.1. The fraction of sp³-hybridized carbons (Fsp3) is 0.450. The first kappa shape index (κ1) is 18.0. The van der Waals surface area contributed by atoms with Crippen LogP contribution in [0.25, 0.3) is 20.7 Å². The predicted molar refractivity (Wildman–Crippen MR) is 113 cm³/mol. The van der Waals surface area contributed by atoms with Crippen molar-refractivity contribution in [3.63, 3.8) is 0 Å². The molecular weight excluding hydrogens is 392 g/mol. The van der Waals surface area contributed by atoms with E-state index in [1.54, 1.807) is 11.3 Å². The van der Waals surface area contributed by atoms with Gasteiger partial charge in [0.2, 0.25) is 5.91 Å². The van der Waals surface area contributed by atoms with Gasteiger partial charge in [0.05, 0.1) is 11.9 Å². The van der Waals surface area contributed by atoms with Crippen LogP contribution in [0, 0.1) is 5.92 Å².